The number of rotatable bonds is 9. The first kappa shape index (κ1) is 19.9. The Morgan fingerprint density at radius 3 is 2.79 bits per heavy atom. The second-order valence-corrected chi connectivity index (χ2v) is 8.94. The van der Waals surface area contributed by atoms with Crippen molar-refractivity contribution in [3.05, 3.63) is 35.1 Å². The van der Waals surface area contributed by atoms with Crippen LogP contribution in [0.4, 0.5) is 0 Å². The number of hydrogen-bond donors (Lipinski definition) is 2. The van der Waals surface area contributed by atoms with Gasteiger partial charge in [-0.05, 0) is 12.3 Å². The number of hydrogen-bond acceptors (Lipinski definition) is 5. The van der Waals surface area contributed by atoms with E-state index in [0.717, 1.165) is 58.1 Å². The number of aromatic nitrogens is 4. The second kappa shape index (κ2) is 8.53. The van der Waals surface area contributed by atoms with Gasteiger partial charge in [0.05, 0.1) is 24.4 Å². The van der Waals surface area contributed by atoms with Crippen molar-refractivity contribution in [1.29, 1.82) is 0 Å². The van der Waals surface area contributed by atoms with Gasteiger partial charge in [0.25, 0.3) is 0 Å². The first-order valence-corrected chi connectivity index (χ1v) is 10.7. The van der Waals surface area contributed by atoms with E-state index in [2.05, 4.69) is 31.8 Å². The summed E-state index contributed by atoms with van der Waals surface area (Å²) in [4.78, 5) is 12.9. The summed E-state index contributed by atoms with van der Waals surface area (Å²) in [5.74, 6) is 1.61. The van der Waals surface area contributed by atoms with Crippen LogP contribution < -0.4 is 0 Å². The molecule has 4 heterocycles. The average molecular weight is 407 g/mol. The molecule has 0 aromatic carbocycles. The molecule has 2 fully saturated rings. The highest BCUT2D eigenvalue weighted by Gasteiger charge is 2.51. The Hall–Kier alpha value is -1.41. The normalized spacial score (nSPS) is 25.6. The SMILES string of the molecule is CCCCc1ncc(CN2CC3CN(CCn4cc(Cl)cn4)CC3(CO)C2)[nH]1. The molecule has 2 aliphatic rings. The zero-order chi connectivity index (χ0) is 19.6. The van der Waals surface area contributed by atoms with E-state index < -0.39 is 0 Å². The number of H-pyrrole nitrogens is 1. The molecule has 28 heavy (non-hydrogen) atoms. The van der Waals surface area contributed by atoms with Crippen LogP contribution in [0.25, 0.3) is 0 Å². The number of nitrogens with zero attached hydrogens (tertiary/aromatic N) is 5. The van der Waals surface area contributed by atoms with Gasteiger partial charge in [-0.25, -0.2) is 4.98 Å². The van der Waals surface area contributed by atoms with Crippen molar-refractivity contribution in [2.45, 2.75) is 39.3 Å². The summed E-state index contributed by atoms with van der Waals surface area (Å²) in [5, 5.41) is 15.1. The molecule has 0 aliphatic carbocycles. The fourth-order valence-electron chi connectivity index (χ4n) is 4.82. The van der Waals surface area contributed by atoms with Gasteiger partial charge in [-0.2, -0.15) is 5.10 Å². The van der Waals surface area contributed by atoms with E-state index in [1.165, 1.54) is 18.5 Å². The number of likely N-dealkylation sites (tertiary alicyclic amines) is 2. The molecular weight excluding hydrogens is 376 g/mol. The van der Waals surface area contributed by atoms with Crippen LogP contribution >= 0.6 is 11.6 Å². The number of halogens is 1. The van der Waals surface area contributed by atoms with E-state index in [-0.39, 0.29) is 12.0 Å². The molecule has 2 aliphatic heterocycles. The predicted molar refractivity (Wildman–Crippen MR) is 109 cm³/mol. The number of fused-ring (bicyclic) bond motifs is 1. The van der Waals surface area contributed by atoms with Crippen LogP contribution in [0.5, 0.6) is 0 Å². The summed E-state index contributed by atoms with van der Waals surface area (Å²) in [6, 6.07) is 0. The van der Waals surface area contributed by atoms with Gasteiger partial charge in [0.2, 0.25) is 0 Å². The van der Waals surface area contributed by atoms with Gasteiger partial charge < -0.3 is 15.0 Å². The molecule has 154 valence electrons. The minimum Gasteiger partial charge on any atom is -0.396 e. The summed E-state index contributed by atoms with van der Waals surface area (Å²) < 4.78 is 1.89. The molecule has 0 radical (unpaired) electrons. The van der Waals surface area contributed by atoms with Gasteiger partial charge in [0.1, 0.15) is 5.82 Å². The number of imidazole rings is 1. The monoisotopic (exact) mass is 406 g/mol. The minimum atomic E-state index is -0.00712. The quantitative estimate of drug-likeness (QED) is 0.666. The molecule has 2 unspecified atom stereocenters. The Balaban J connectivity index is 1.30. The average Bonchev–Trinajstić information content (AvgIpc) is 3.42. The van der Waals surface area contributed by atoms with Crippen molar-refractivity contribution in [1.82, 2.24) is 29.5 Å². The molecule has 2 atom stereocenters. The highest BCUT2D eigenvalue weighted by molar-refractivity contribution is 6.30. The van der Waals surface area contributed by atoms with Crippen LogP contribution in [0.2, 0.25) is 5.02 Å². The molecule has 4 rings (SSSR count). The maximum absolute atomic E-state index is 10.2. The fraction of sp³-hybridized carbons (Fsp3) is 0.700. The third-order valence-electron chi connectivity index (χ3n) is 6.30. The van der Waals surface area contributed by atoms with Crippen molar-refractivity contribution in [2.75, 3.05) is 39.3 Å². The van der Waals surface area contributed by atoms with E-state index in [0.29, 0.717) is 10.9 Å². The molecule has 2 saturated heterocycles. The lowest BCUT2D eigenvalue weighted by atomic mass is 9.82. The topological polar surface area (TPSA) is 73.2 Å². The summed E-state index contributed by atoms with van der Waals surface area (Å²) in [6.07, 6.45) is 8.90. The van der Waals surface area contributed by atoms with Crippen LogP contribution in [-0.2, 0) is 19.5 Å². The van der Waals surface area contributed by atoms with Gasteiger partial charge in [-0.1, -0.05) is 24.9 Å². The number of aromatic amines is 1. The van der Waals surface area contributed by atoms with Gasteiger partial charge in [0.15, 0.2) is 0 Å². The van der Waals surface area contributed by atoms with Gasteiger partial charge in [-0.15, -0.1) is 0 Å². The number of aliphatic hydroxyl groups is 1. The first-order chi connectivity index (χ1) is 13.6. The van der Waals surface area contributed by atoms with Crippen LogP contribution in [0.3, 0.4) is 0 Å². The van der Waals surface area contributed by atoms with E-state index in [9.17, 15) is 5.11 Å². The molecule has 0 bridgehead atoms. The first-order valence-electron chi connectivity index (χ1n) is 10.4. The Bertz CT molecular complexity index is 776. The van der Waals surface area contributed by atoms with Crippen molar-refractivity contribution in [2.24, 2.45) is 11.3 Å². The maximum Gasteiger partial charge on any atom is 0.106 e. The Kier molecular flexibility index (Phi) is 6.06. The van der Waals surface area contributed by atoms with Gasteiger partial charge >= 0.3 is 0 Å². The number of aliphatic hydroxyl groups excluding tert-OH is 1. The maximum atomic E-state index is 10.2. The van der Waals surface area contributed by atoms with Crippen molar-refractivity contribution in [3.8, 4) is 0 Å². The van der Waals surface area contributed by atoms with Crippen molar-refractivity contribution in [3.63, 3.8) is 0 Å². The molecule has 0 saturated carbocycles. The summed E-state index contributed by atoms with van der Waals surface area (Å²) >= 11 is 5.94. The lowest BCUT2D eigenvalue weighted by Gasteiger charge is -2.27. The second-order valence-electron chi connectivity index (χ2n) is 8.50. The van der Waals surface area contributed by atoms with Crippen molar-refractivity contribution < 1.29 is 5.11 Å². The molecule has 8 heteroatoms. The lowest BCUT2D eigenvalue weighted by Crippen LogP contribution is -2.37. The molecule has 7 nitrogen and oxygen atoms in total. The third-order valence-corrected chi connectivity index (χ3v) is 6.50. The fourth-order valence-corrected chi connectivity index (χ4v) is 4.98. The standard InChI is InChI=1S/C20H31ClN6O/c1-2-3-4-19-22-8-18(24-19)12-26-10-16-9-25(13-20(16,14-26)15-28)5-6-27-11-17(21)7-23-27/h7-8,11,16,28H,2-6,9-10,12-15H2,1H3,(H,22,24). The lowest BCUT2D eigenvalue weighted by molar-refractivity contribution is 0.110. The smallest absolute Gasteiger partial charge is 0.106 e. The predicted octanol–water partition coefficient (Wildman–Crippen LogP) is 2.03. The largest absolute Gasteiger partial charge is 0.396 e. The number of aryl methyl sites for hydroxylation is 1. The molecule has 0 amide bonds. The zero-order valence-electron chi connectivity index (χ0n) is 16.6. The summed E-state index contributed by atoms with van der Waals surface area (Å²) in [7, 11) is 0. The highest BCUT2D eigenvalue weighted by atomic mass is 35.5. The Morgan fingerprint density at radius 1 is 1.25 bits per heavy atom. The van der Waals surface area contributed by atoms with Crippen LogP contribution in [0.1, 0.15) is 31.3 Å². The van der Waals surface area contributed by atoms with Crippen LogP contribution in [0.15, 0.2) is 18.6 Å². The molecule has 0 spiro atoms. The third kappa shape index (κ3) is 4.27. The van der Waals surface area contributed by atoms with Gasteiger partial charge in [0, 0.05) is 69.2 Å². The number of nitrogens with one attached hydrogen (secondary N) is 1. The van der Waals surface area contributed by atoms with E-state index >= 15 is 0 Å². The minimum absolute atomic E-state index is 0.00712. The van der Waals surface area contributed by atoms with Gasteiger partial charge in [-0.3, -0.25) is 9.58 Å². The zero-order valence-corrected chi connectivity index (χ0v) is 17.4. The van der Waals surface area contributed by atoms with Crippen LogP contribution in [0, 0.1) is 11.3 Å². The highest BCUT2D eigenvalue weighted by Crippen LogP contribution is 2.42. The van der Waals surface area contributed by atoms with E-state index in [1.807, 2.05) is 17.1 Å². The number of unbranched alkanes of at least 4 members (excludes halogenated alkanes) is 1. The molecule has 2 N–H and O–H groups in total. The molecule has 2 aromatic rings. The van der Waals surface area contributed by atoms with Crippen LogP contribution in [-0.4, -0.2) is 74.0 Å². The molecular formula is C20H31ClN6O. The molecule has 2 aromatic heterocycles. The van der Waals surface area contributed by atoms with E-state index in [4.69, 9.17) is 11.6 Å². The van der Waals surface area contributed by atoms with E-state index in [1.54, 1.807) is 6.20 Å². The summed E-state index contributed by atoms with van der Waals surface area (Å²) in [6.45, 7) is 9.09. The summed E-state index contributed by atoms with van der Waals surface area (Å²) in [5.41, 5.74) is 1.18. The Morgan fingerprint density at radius 2 is 2.07 bits per heavy atom. The van der Waals surface area contributed by atoms with Crippen molar-refractivity contribution >= 4 is 11.6 Å². The Labute approximate surface area is 171 Å².